The van der Waals surface area contributed by atoms with Crippen LogP contribution in [-0.2, 0) is 0 Å². The minimum absolute atomic E-state index is 0.150. The van der Waals surface area contributed by atoms with Gasteiger partial charge in [0.1, 0.15) is 0 Å². The normalized spacial score (nSPS) is 20.7. The highest BCUT2D eigenvalue weighted by molar-refractivity contribution is 5.92. The summed E-state index contributed by atoms with van der Waals surface area (Å²) in [5.74, 6) is 1.92. The molecule has 1 aliphatic carbocycles. The Labute approximate surface area is 132 Å². The Balaban J connectivity index is 1.54. The molecule has 3 heterocycles. The summed E-state index contributed by atoms with van der Waals surface area (Å²) in [5, 5.41) is 11.9. The first-order valence-electron chi connectivity index (χ1n) is 7.78. The fraction of sp³-hybridized carbons (Fsp3) is 0.533. The first-order valence-corrected chi connectivity index (χ1v) is 7.78. The van der Waals surface area contributed by atoms with Crippen molar-refractivity contribution in [1.82, 2.24) is 25.2 Å². The first-order chi connectivity index (χ1) is 11.3. The molecule has 23 heavy (non-hydrogen) atoms. The van der Waals surface area contributed by atoms with Crippen molar-refractivity contribution >= 4 is 5.91 Å². The van der Waals surface area contributed by atoms with Gasteiger partial charge in [-0.1, -0.05) is 5.16 Å². The van der Waals surface area contributed by atoms with Gasteiger partial charge < -0.3 is 14.2 Å². The van der Waals surface area contributed by atoms with Gasteiger partial charge in [0, 0.05) is 18.5 Å². The molecule has 0 bridgehead atoms. The van der Waals surface area contributed by atoms with Crippen LogP contribution in [0.25, 0.3) is 0 Å². The van der Waals surface area contributed by atoms with Gasteiger partial charge in [0.25, 0.3) is 5.91 Å². The number of likely N-dealkylation sites (tertiary alicyclic amines) is 1. The van der Waals surface area contributed by atoms with Crippen molar-refractivity contribution in [1.29, 1.82) is 0 Å². The van der Waals surface area contributed by atoms with Gasteiger partial charge in [0.05, 0.1) is 13.2 Å². The Kier molecular flexibility index (Phi) is 3.44. The Morgan fingerprint density at radius 3 is 2.87 bits per heavy atom. The van der Waals surface area contributed by atoms with Crippen molar-refractivity contribution in [2.45, 2.75) is 37.6 Å². The molecule has 0 radical (unpaired) electrons. The minimum atomic E-state index is -0.166. The van der Waals surface area contributed by atoms with Gasteiger partial charge in [-0.3, -0.25) is 4.79 Å². The molecule has 120 valence electrons. The van der Waals surface area contributed by atoms with E-state index in [1.165, 1.54) is 7.11 Å². The number of hydrogen-bond donors (Lipinski definition) is 0. The summed E-state index contributed by atoms with van der Waals surface area (Å²) < 4.78 is 10.3. The van der Waals surface area contributed by atoms with Crippen LogP contribution in [0.3, 0.4) is 0 Å². The Bertz CT molecular complexity index is 710. The summed E-state index contributed by atoms with van der Waals surface area (Å²) in [7, 11) is 1.51. The second kappa shape index (κ2) is 5.60. The van der Waals surface area contributed by atoms with E-state index in [0.29, 0.717) is 35.8 Å². The zero-order chi connectivity index (χ0) is 15.8. The fourth-order valence-corrected chi connectivity index (χ4v) is 2.85. The highest BCUT2D eigenvalue weighted by Crippen LogP contribution is 2.40. The van der Waals surface area contributed by atoms with Gasteiger partial charge in [-0.25, -0.2) is 0 Å². The maximum absolute atomic E-state index is 12.7. The third-order valence-corrected chi connectivity index (χ3v) is 4.26. The maximum Gasteiger partial charge on any atom is 0.274 e. The van der Waals surface area contributed by atoms with Crippen LogP contribution in [0.15, 0.2) is 16.7 Å². The van der Waals surface area contributed by atoms with E-state index in [-0.39, 0.29) is 11.9 Å². The Morgan fingerprint density at radius 1 is 1.30 bits per heavy atom. The average molecular weight is 315 g/mol. The Morgan fingerprint density at radius 2 is 2.17 bits per heavy atom. The maximum atomic E-state index is 12.7. The van der Waals surface area contributed by atoms with Gasteiger partial charge in [-0.05, 0) is 31.7 Å². The van der Waals surface area contributed by atoms with Gasteiger partial charge in [-0.15, -0.1) is 10.2 Å². The first kappa shape index (κ1) is 14.1. The molecule has 0 unspecified atom stereocenters. The second-order valence-corrected chi connectivity index (χ2v) is 5.88. The van der Waals surface area contributed by atoms with E-state index < -0.39 is 0 Å². The van der Waals surface area contributed by atoms with E-state index in [1.54, 1.807) is 17.0 Å². The van der Waals surface area contributed by atoms with Crippen LogP contribution in [0, 0.1) is 0 Å². The molecule has 1 aliphatic heterocycles. The largest absolute Gasteiger partial charge is 0.480 e. The van der Waals surface area contributed by atoms with E-state index in [1.807, 2.05) is 0 Å². The van der Waals surface area contributed by atoms with Crippen LogP contribution >= 0.6 is 0 Å². The summed E-state index contributed by atoms with van der Waals surface area (Å²) in [4.78, 5) is 18.9. The average Bonchev–Trinajstić information content (AvgIpc) is 3.13. The molecule has 0 spiro atoms. The number of ether oxygens (including phenoxy) is 1. The van der Waals surface area contributed by atoms with Crippen LogP contribution in [0.5, 0.6) is 5.88 Å². The molecule has 8 nitrogen and oxygen atoms in total. The molecular weight excluding hydrogens is 298 g/mol. The molecule has 2 aliphatic rings. The second-order valence-electron chi connectivity index (χ2n) is 5.88. The van der Waals surface area contributed by atoms with E-state index in [0.717, 1.165) is 25.7 Å². The van der Waals surface area contributed by atoms with Crippen molar-refractivity contribution in [2.24, 2.45) is 0 Å². The summed E-state index contributed by atoms with van der Waals surface area (Å²) in [6.45, 7) is 0.657. The topological polar surface area (TPSA) is 94.2 Å². The van der Waals surface area contributed by atoms with E-state index in [4.69, 9.17) is 9.26 Å². The zero-order valence-electron chi connectivity index (χ0n) is 12.8. The predicted octanol–water partition coefficient (Wildman–Crippen LogP) is 1.72. The highest BCUT2D eigenvalue weighted by Gasteiger charge is 2.36. The minimum Gasteiger partial charge on any atom is -0.480 e. The molecule has 2 aromatic rings. The lowest BCUT2D eigenvalue weighted by atomic mass is 10.2. The van der Waals surface area contributed by atoms with E-state index in [2.05, 4.69) is 20.3 Å². The van der Waals surface area contributed by atoms with Crippen LogP contribution in [0.1, 0.15) is 59.8 Å². The SMILES string of the molecule is COc1ccc(C(=O)N2CCC[C@H]2c2noc(C3CC3)n2)nn1. The smallest absolute Gasteiger partial charge is 0.274 e. The molecular formula is C15H17N5O3. The lowest BCUT2D eigenvalue weighted by Gasteiger charge is -2.21. The summed E-state index contributed by atoms with van der Waals surface area (Å²) in [6, 6.07) is 3.10. The molecule has 2 aromatic heterocycles. The molecule has 8 heteroatoms. The van der Waals surface area contributed by atoms with Crippen molar-refractivity contribution in [3.05, 3.63) is 29.5 Å². The monoisotopic (exact) mass is 315 g/mol. The number of aromatic nitrogens is 4. The molecule has 0 N–H and O–H groups in total. The quantitative estimate of drug-likeness (QED) is 0.847. The van der Waals surface area contributed by atoms with Gasteiger partial charge in [-0.2, -0.15) is 4.98 Å². The third-order valence-electron chi connectivity index (χ3n) is 4.26. The van der Waals surface area contributed by atoms with Crippen molar-refractivity contribution in [3.63, 3.8) is 0 Å². The van der Waals surface area contributed by atoms with Gasteiger partial charge >= 0.3 is 0 Å². The van der Waals surface area contributed by atoms with Crippen molar-refractivity contribution < 1.29 is 14.1 Å². The molecule has 4 rings (SSSR count). The van der Waals surface area contributed by atoms with Crippen LogP contribution in [0.4, 0.5) is 0 Å². The molecule has 1 amide bonds. The molecule has 1 saturated carbocycles. The molecule has 0 aromatic carbocycles. The van der Waals surface area contributed by atoms with E-state index >= 15 is 0 Å². The van der Waals surface area contributed by atoms with Gasteiger partial charge in [0.15, 0.2) is 11.5 Å². The van der Waals surface area contributed by atoms with Crippen LogP contribution in [0.2, 0.25) is 0 Å². The molecule has 1 saturated heterocycles. The number of nitrogens with zero attached hydrogens (tertiary/aromatic N) is 5. The number of carbonyl (C=O) groups is 1. The van der Waals surface area contributed by atoms with E-state index in [9.17, 15) is 4.79 Å². The standard InChI is InChI=1S/C15H17N5O3/c1-22-12-7-6-10(17-18-12)15(21)20-8-2-3-11(20)13-16-14(23-19-13)9-4-5-9/h6-7,9,11H,2-5,8H2,1H3/t11-/m0/s1. The highest BCUT2D eigenvalue weighted by atomic mass is 16.5. The lowest BCUT2D eigenvalue weighted by Crippen LogP contribution is -2.31. The van der Waals surface area contributed by atoms with Crippen molar-refractivity contribution in [2.75, 3.05) is 13.7 Å². The number of rotatable bonds is 4. The Hall–Kier alpha value is -2.51. The zero-order valence-corrected chi connectivity index (χ0v) is 12.8. The number of hydrogen-bond acceptors (Lipinski definition) is 7. The molecule has 1 atom stereocenters. The van der Waals surface area contributed by atoms with Crippen molar-refractivity contribution in [3.8, 4) is 5.88 Å². The fourth-order valence-electron chi connectivity index (χ4n) is 2.85. The third kappa shape index (κ3) is 2.64. The lowest BCUT2D eigenvalue weighted by molar-refractivity contribution is 0.0721. The number of methoxy groups -OCH3 is 1. The van der Waals surface area contributed by atoms with Crippen LogP contribution < -0.4 is 4.74 Å². The predicted molar refractivity (Wildman–Crippen MR) is 77.9 cm³/mol. The summed E-state index contributed by atoms with van der Waals surface area (Å²) in [5.41, 5.74) is 0.295. The molecule has 2 fully saturated rings. The van der Waals surface area contributed by atoms with Gasteiger partial charge in [0.2, 0.25) is 11.8 Å². The number of carbonyl (C=O) groups excluding carboxylic acids is 1. The van der Waals surface area contributed by atoms with Crippen LogP contribution in [-0.4, -0.2) is 44.8 Å². The summed E-state index contributed by atoms with van der Waals surface area (Å²) >= 11 is 0. The number of amides is 1. The summed E-state index contributed by atoms with van der Waals surface area (Å²) in [6.07, 6.45) is 3.96.